The van der Waals surface area contributed by atoms with E-state index in [1.807, 2.05) is 11.4 Å². The number of fused-ring (bicyclic) bond motifs is 1. The van der Waals surface area contributed by atoms with E-state index in [0.29, 0.717) is 11.2 Å². The van der Waals surface area contributed by atoms with Crippen molar-refractivity contribution in [2.45, 2.75) is 46.1 Å². The van der Waals surface area contributed by atoms with Crippen LogP contribution in [0.15, 0.2) is 11.4 Å². The molecule has 0 aliphatic carbocycles. The van der Waals surface area contributed by atoms with Crippen molar-refractivity contribution < 1.29 is 0 Å². The van der Waals surface area contributed by atoms with Crippen molar-refractivity contribution in [1.82, 2.24) is 14.9 Å². The minimum atomic E-state index is 0.564. The molecule has 0 saturated carbocycles. The molecular formula is C16H24N4S. The summed E-state index contributed by atoms with van der Waals surface area (Å²) in [5, 5.41) is 3.01. The highest BCUT2D eigenvalue weighted by Crippen LogP contribution is 2.38. The summed E-state index contributed by atoms with van der Waals surface area (Å²) in [6.45, 7) is 7.77. The van der Waals surface area contributed by atoms with Crippen molar-refractivity contribution in [3.8, 4) is 0 Å². The summed E-state index contributed by atoms with van der Waals surface area (Å²) >= 11 is 1.64. The largest absolute Gasteiger partial charge is 0.383 e. The molecule has 0 spiro atoms. The van der Waals surface area contributed by atoms with Crippen LogP contribution in [0.1, 0.15) is 45.4 Å². The third-order valence-corrected chi connectivity index (χ3v) is 5.99. The topological polar surface area (TPSA) is 55.0 Å². The summed E-state index contributed by atoms with van der Waals surface area (Å²) in [5.41, 5.74) is 6.59. The van der Waals surface area contributed by atoms with Crippen molar-refractivity contribution in [3.05, 3.63) is 17.3 Å². The van der Waals surface area contributed by atoms with Gasteiger partial charge in [-0.25, -0.2) is 9.97 Å². The van der Waals surface area contributed by atoms with E-state index in [0.717, 1.165) is 35.7 Å². The summed E-state index contributed by atoms with van der Waals surface area (Å²) in [6.07, 6.45) is 5.16. The molecule has 0 bridgehead atoms. The molecule has 1 aliphatic rings. The maximum atomic E-state index is 6.03. The zero-order valence-corrected chi connectivity index (χ0v) is 13.7. The van der Waals surface area contributed by atoms with Crippen LogP contribution in [0.5, 0.6) is 0 Å². The maximum absolute atomic E-state index is 6.03. The number of nitrogens with two attached hydrogens (primary N) is 1. The number of likely N-dealkylation sites (tertiary alicyclic amines) is 1. The molecule has 0 radical (unpaired) electrons. The zero-order chi connectivity index (χ0) is 14.9. The fraction of sp³-hybridized carbons (Fsp3) is 0.625. The van der Waals surface area contributed by atoms with Crippen LogP contribution >= 0.6 is 11.3 Å². The van der Waals surface area contributed by atoms with E-state index in [9.17, 15) is 0 Å². The van der Waals surface area contributed by atoms with Crippen molar-refractivity contribution in [2.24, 2.45) is 5.41 Å². The average Bonchev–Trinajstić information content (AvgIpc) is 2.97. The van der Waals surface area contributed by atoms with E-state index in [1.54, 1.807) is 11.3 Å². The summed E-state index contributed by atoms with van der Waals surface area (Å²) in [5.74, 6) is 1.48. The number of rotatable bonds is 4. The highest BCUT2D eigenvalue weighted by molar-refractivity contribution is 7.16. The van der Waals surface area contributed by atoms with Gasteiger partial charge in [0.05, 0.1) is 11.9 Å². The van der Waals surface area contributed by atoms with Crippen molar-refractivity contribution in [1.29, 1.82) is 0 Å². The lowest BCUT2D eigenvalue weighted by Gasteiger charge is -2.40. The van der Waals surface area contributed by atoms with E-state index in [1.165, 1.54) is 25.7 Å². The Morgan fingerprint density at radius 3 is 2.62 bits per heavy atom. The summed E-state index contributed by atoms with van der Waals surface area (Å²) in [7, 11) is 0. The molecule has 114 valence electrons. The molecule has 2 N–H and O–H groups in total. The Hall–Kier alpha value is -1.20. The number of piperidine rings is 1. The molecule has 1 aliphatic heterocycles. The SMILES string of the molecule is CCC1(CC)CCN(Cc2nc(N)c3ccsc3n2)CC1. The fourth-order valence-corrected chi connectivity index (χ4v) is 4.13. The standard InChI is InChI=1S/C16H24N4S/c1-3-16(4-2)6-8-20(9-7-16)11-13-18-14(17)12-5-10-21-15(12)19-13/h5,10H,3-4,6-9,11H2,1-2H3,(H2,17,18,19). The lowest BCUT2D eigenvalue weighted by Crippen LogP contribution is -2.39. The molecule has 5 heteroatoms. The number of thiophene rings is 1. The Labute approximate surface area is 130 Å². The second kappa shape index (κ2) is 5.89. The molecular weight excluding hydrogens is 280 g/mol. The van der Waals surface area contributed by atoms with E-state index in [-0.39, 0.29) is 0 Å². The number of nitrogen functional groups attached to an aromatic ring is 1. The van der Waals surface area contributed by atoms with Crippen LogP contribution in [0.3, 0.4) is 0 Å². The van der Waals surface area contributed by atoms with Crippen LogP contribution in [0, 0.1) is 5.41 Å². The highest BCUT2D eigenvalue weighted by Gasteiger charge is 2.31. The van der Waals surface area contributed by atoms with Crippen LogP contribution < -0.4 is 5.73 Å². The Morgan fingerprint density at radius 1 is 1.24 bits per heavy atom. The molecule has 21 heavy (non-hydrogen) atoms. The molecule has 3 heterocycles. The van der Waals surface area contributed by atoms with Gasteiger partial charge in [-0.2, -0.15) is 0 Å². The van der Waals surface area contributed by atoms with Gasteiger partial charge < -0.3 is 5.73 Å². The van der Waals surface area contributed by atoms with Gasteiger partial charge in [0.1, 0.15) is 16.5 Å². The molecule has 0 unspecified atom stereocenters. The van der Waals surface area contributed by atoms with E-state index in [4.69, 9.17) is 5.73 Å². The Bertz CT molecular complexity index is 608. The minimum Gasteiger partial charge on any atom is -0.383 e. The monoisotopic (exact) mass is 304 g/mol. The first-order valence-electron chi connectivity index (χ1n) is 7.88. The number of anilines is 1. The van der Waals surface area contributed by atoms with Crippen LogP contribution in [0.25, 0.3) is 10.2 Å². The van der Waals surface area contributed by atoms with Gasteiger partial charge in [-0.15, -0.1) is 11.3 Å². The van der Waals surface area contributed by atoms with Gasteiger partial charge in [-0.05, 0) is 42.8 Å². The van der Waals surface area contributed by atoms with Gasteiger partial charge in [0.15, 0.2) is 0 Å². The maximum Gasteiger partial charge on any atom is 0.146 e. The predicted octanol–water partition coefficient (Wildman–Crippen LogP) is 3.68. The Balaban J connectivity index is 1.69. The van der Waals surface area contributed by atoms with Crippen LogP contribution in [0.2, 0.25) is 0 Å². The molecule has 1 saturated heterocycles. The third kappa shape index (κ3) is 2.90. The first kappa shape index (κ1) is 14.7. The lowest BCUT2D eigenvalue weighted by molar-refractivity contribution is 0.0893. The van der Waals surface area contributed by atoms with E-state index in [2.05, 4.69) is 28.7 Å². The van der Waals surface area contributed by atoms with Crippen LogP contribution in [0.4, 0.5) is 5.82 Å². The molecule has 4 nitrogen and oxygen atoms in total. The summed E-state index contributed by atoms with van der Waals surface area (Å²) in [4.78, 5) is 12.6. The van der Waals surface area contributed by atoms with Gasteiger partial charge in [0.2, 0.25) is 0 Å². The van der Waals surface area contributed by atoms with Gasteiger partial charge >= 0.3 is 0 Å². The third-order valence-electron chi connectivity index (χ3n) is 5.18. The van der Waals surface area contributed by atoms with Crippen molar-refractivity contribution in [2.75, 3.05) is 18.8 Å². The van der Waals surface area contributed by atoms with Gasteiger partial charge in [0, 0.05) is 0 Å². The Kier molecular flexibility index (Phi) is 4.13. The Morgan fingerprint density at radius 2 is 1.95 bits per heavy atom. The number of aromatic nitrogens is 2. The quantitative estimate of drug-likeness (QED) is 0.936. The number of hydrogen-bond donors (Lipinski definition) is 1. The second-order valence-electron chi connectivity index (χ2n) is 6.15. The van der Waals surface area contributed by atoms with Crippen LogP contribution in [-0.4, -0.2) is 28.0 Å². The predicted molar refractivity (Wildman–Crippen MR) is 89.4 cm³/mol. The van der Waals surface area contributed by atoms with Crippen LogP contribution in [-0.2, 0) is 6.54 Å². The van der Waals surface area contributed by atoms with Crippen molar-refractivity contribution >= 4 is 27.4 Å². The fourth-order valence-electron chi connectivity index (χ4n) is 3.34. The van der Waals surface area contributed by atoms with Gasteiger partial charge in [-0.1, -0.05) is 26.7 Å². The summed E-state index contributed by atoms with van der Waals surface area (Å²) < 4.78 is 0. The molecule has 0 amide bonds. The average molecular weight is 304 g/mol. The normalized spacial score (nSPS) is 19.1. The first-order valence-corrected chi connectivity index (χ1v) is 8.76. The molecule has 3 rings (SSSR count). The molecule has 2 aromatic rings. The molecule has 0 aromatic carbocycles. The van der Waals surface area contributed by atoms with Crippen molar-refractivity contribution in [3.63, 3.8) is 0 Å². The lowest BCUT2D eigenvalue weighted by atomic mass is 9.74. The smallest absolute Gasteiger partial charge is 0.146 e. The molecule has 2 aromatic heterocycles. The second-order valence-corrected chi connectivity index (χ2v) is 7.04. The zero-order valence-electron chi connectivity index (χ0n) is 12.9. The summed E-state index contributed by atoms with van der Waals surface area (Å²) in [6, 6.07) is 2.00. The van der Waals surface area contributed by atoms with Gasteiger partial charge in [-0.3, -0.25) is 4.90 Å². The van der Waals surface area contributed by atoms with E-state index >= 15 is 0 Å². The van der Waals surface area contributed by atoms with Gasteiger partial charge in [0.25, 0.3) is 0 Å². The van der Waals surface area contributed by atoms with E-state index < -0.39 is 0 Å². The highest BCUT2D eigenvalue weighted by atomic mass is 32.1. The molecule has 1 fully saturated rings. The number of nitrogens with zero attached hydrogens (tertiary/aromatic N) is 3. The number of hydrogen-bond acceptors (Lipinski definition) is 5. The first-order chi connectivity index (χ1) is 10.2. The minimum absolute atomic E-state index is 0.564. The molecule has 0 atom stereocenters.